The normalized spacial score (nSPS) is 11.8. The zero-order chi connectivity index (χ0) is 11.6. The maximum atomic E-state index is 11.4. The van der Waals surface area contributed by atoms with Crippen molar-refractivity contribution in [2.45, 2.75) is 13.3 Å². The molecule has 0 N–H and O–H groups in total. The fourth-order valence-electron chi connectivity index (χ4n) is 1.33. The molecule has 2 rings (SSSR count). The maximum absolute atomic E-state index is 11.4. The Bertz CT molecular complexity index is 589. The molecule has 0 saturated heterocycles. The average Bonchev–Trinajstić information content (AvgIpc) is 2.63. The van der Waals surface area contributed by atoms with Gasteiger partial charge >= 0.3 is 10.1 Å². The second-order valence-electron chi connectivity index (χ2n) is 3.33. The van der Waals surface area contributed by atoms with Crippen molar-refractivity contribution in [3.63, 3.8) is 0 Å². The van der Waals surface area contributed by atoms with Crippen molar-refractivity contribution < 1.29 is 12.6 Å². The molecule has 0 saturated carbocycles. The number of fused-ring (bicyclic) bond motifs is 1. The summed E-state index contributed by atoms with van der Waals surface area (Å²) >= 11 is 1.45. The third kappa shape index (κ3) is 2.51. The monoisotopic (exact) mass is 257 g/mol. The number of hydrogen-bond donors (Lipinski definition) is 0. The second kappa shape index (κ2) is 4.39. The zero-order valence-electron chi connectivity index (χ0n) is 8.71. The van der Waals surface area contributed by atoms with Crippen LogP contribution in [0.2, 0.25) is 0 Å². The van der Waals surface area contributed by atoms with Crippen LogP contribution in [0.1, 0.15) is 13.3 Å². The first-order chi connectivity index (χ1) is 7.61. The van der Waals surface area contributed by atoms with Crippen molar-refractivity contribution in [1.29, 1.82) is 0 Å². The lowest BCUT2D eigenvalue weighted by Crippen LogP contribution is -2.12. The van der Waals surface area contributed by atoms with Crippen molar-refractivity contribution in [3.05, 3.63) is 23.7 Å². The Morgan fingerprint density at radius 3 is 3.00 bits per heavy atom. The summed E-state index contributed by atoms with van der Waals surface area (Å²) in [5, 5.41) is 0. The number of hydrogen-bond acceptors (Lipinski definition) is 5. The molecular weight excluding hydrogens is 246 g/mol. The summed E-state index contributed by atoms with van der Waals surface area (Å²) < 4.78 is 28.8. The summed E-state index contributed by atoms with van der Waals surface area (Å²) in [6, 6.07) is 5.07. The minimum absolute atomic E-state index is 0.0354. The highest BCUT2D eigenvalue weighted by atomic mass is 32.2. The lowest BCUT2D eigenvalue weighted by molar-refractivity contribution is 0.485. The van der Waals surface area contributed by atoms with Gasteiger partial charge in [0.15, 0.2) is 0 Å². The van der Waals surface area contributed by atoms with Gasteiger partial charge in [-0.05, 0) is 18.6 Å². The molecule has 0 aliphatic carbocycles. The Labute approximate surface area is 98.0 Å². The smallest absolute Gasteiger partial charge is 0.309 e. The predicted molar refractivity (Wildman–Crippen MR) is 64.3 cm³/mol. The molecule has 0 spiro atoms. The summed E-state index contributed by atoms with van der Waals surface area (Å²) in [7, 11) is -3.45. The number of nitrogens with zero attached hydrogens (tertiary/aromatic N) is 1. The molecule has 2 aromatic rings. The number of aromatic nitrogens is 1. The molecule has 86 valence electrons. The molecule has 16 heavy (non-hydrogen) atoms. The molecular formula is C10H11NO3S2. The maximum Gasteiger partial charge on any atom is 0.309 e. The molecule has 0 atom stereocenters. The van der Waals surface area contributed by atoms with Crippen LogP contribution < -0.4 is 4.18 Å². The van der Waals surface area contributed by atoms with Gasteiger partial charge in [-0.25, -0.2) is 4.98 Å². The molecule has 0 amide bonds. The second-order valence-corrected chi connectivity index (χ2v) is 5.90. The average molecular weight is 257 g/mol. The fourth-order valence-corrected chi connectivity index (χ4v) is 3.01. The highest BCUT2D eigenvalue weighted by Gasteiger charge is 2.11. The molecule has 0 radical (unpaired) electrons. The van der Waals surface area contributed by atoms with Crippen LogP contribution >= 0.6 is 11.3 Å². The molecule has 0 bridgehead atoms. The molecule has 0 aliphatic heterocycles. The van der Waals surface area contributed by atoms with E-state index in [1.807, 2.05) is 0 Å². The quantitative estimate of drug-likeness (QED) is 0.789. The van der Waals surface area contributed by atoms with E-state index in [2.05, 4.69) is 4.98 Å². The van der Waals surface area contributed by atoms with Crippen LogP contribution in [0.4, 0.5) is 0 Å². The highest BCUT2D eigenvalue weighted by molar-refractivity contribution is 7.87. The number of thiazole rings is 1. The van der Waals surface area contributed by atoms with Crippen LogP contribution in [-0.2, 0) is 10.1 Å². The lowest BCUT2D eigenvalue weighted by Gasteiger charge is -2.05. The molecule has 0 fully saturated rings. The van der Waals surface area contributed by atoms with E-state index in [0.29, 0.717) is 12.2 Å². The van der Waals surface area contributed by atoms with Gasteiger partial charge in [-0.1, -0.05) is 6.92 Å². The Morgan fingerprint density at radius 2 is 2.25 bits per heavy atom. The summed E-state index contributed by atoms with van der Waals surface area (Å²) in [5.74, 6) is 0.387. The van der Waals surface area contributed by atoms with Gasteiger partial charge in [-0.2, -0.15) is 8.42 Å². The SMILES string of the molecule is CCCS(=O)(=O)Oc1ccc2ncsc2c1. The van der Waals surface area contributed by atoms with E-state index in [1.54, 1.807) is 30.6 Å². The van der Waals surface area contributed by atoms with Gasteiger partial charge < -0.3 is 4.18 Å². The van der Waals surface area contributed by atoms with Gasteiger partial charge in [0.1, 0.15) is 5.75 Å². The predicted octanol–water partition coefficient (Wildman–Crippen LogP) is 2.41. The number of rotatable bonds is 4. The third-order valence-electron chi connectivity index (χ3n) is 1.98. The lowest BCUT2D eigenvalue weighted by atomic mass is 10.3. The number of benzene rings is 1. The van der Waals surface area contributed by atoms with Gasteiger partial charge in [0.25, 0.3) is 0 Å². The van der Waals surface area contributed by atoms with E-state index in [0.717, 1.165) is 10.2 Å². The summed E-state index contributed by atoms with van der Waals surface area (Å²) in [6.07, 6.45) is 0.547. The van der Waals surface area contributed by atoms with Crippen molar-refractivity contribution in [1.82, 2.24) is 4.98 Å². The van der Waals surface area contributed by atoms with Gasteiger partial charge in [0.2, 0.25) is 0 Å². The minimum atomic E-state index is -3.45. The molecule has 1 aromatic carbocycles. The van der Waals surface area contributed by atoms with Crippen molar-refractivity contribution in [3.8, 4) is 5.75 Å². The minimum Gasteiger partial charge on any atom is -0.382 e. The summed E-state index contributed by atoms with van der Waals surface area (Å²) in [6.45, 7) is 1.80. The van der Waals surface area contributed by atoms with Crippen LogP contribution in [0.5, 0.6) is 5.75 Å². The van der Waals surface area contributed by atoms with Gasteiger partial charge in [0, 0.05) is 6.07 Å². The fraction of sp³-hybridized carbons (Fsp3) is 0.300. The third-order valence-corrected chi connectivity index (χ3v) is 4.13. The summed E-state index contributed by atoms with van der Waals surface area (Å²) in [4.78, 5) is 4.11. The Kier molecular flexibility index (Phi) is 3.11. The van der Waals surface area contributed by atoms with Crippen LogP contribution in [0.15, 0.2) is 23.7 Å². The Balaban J connectivity index is 2.27. The van der Waals surface area contributed by atoms with Gasteiger partial charge in [-0.15, -0.1) is 11.3 Å². The first-order valence-electron chi connectivity index (χ1n) is 4.86. The molecule has 6 heteroatoms. The van der Waals surface area contributed by atoms with Crippen LogP contribution in [0, 0.1) is 0 Å². The van der Waals surface area contributed by atoms with Crippen LogP contribution in [0.25, 0.3) is 10.2 Å². The van der Waals surface area contributed by atoms with Crippen LogP contribution in [-0.4, -0.2) is 19.2 Å². The van der Waals surface area contributed by atoms with E-state index in [4.69, 9.17) is 4.18 Å². The highest BCUT2D eigenvalue weighted by Crippen LogP contribution is 2.24. The Hall–Kier alpha value is -1.14. The van der Waals surface area contributed by atoms with Gasteiger partial charge in [-0.3, -0.25) is 0 Å². The molecule has 1 heterocycles. The van der Waals surface area contributed by atoms with Crippen molar-refractivity contribution in [2.24, 2.45) is 0 Å². The van der Waals surface area contributed by atoms with Gasteiger partial charge in [0.05, 0.1) is 21.5 Å². The first kappa shape index (κ1) is 11.3. The van der Waals surface area contributed by atoms with E-state index < -0.39 is 10.1 Å². The topological polar surface area (TPSA) is 56.3 Å². The molecule has 1 aromatic heterocycles. The van der Waals surface area contributed by atoms with E-state index in [9.17, 15) is 8.42 Å². The summed E-state index contributed by atoms with van der Waals surface area (Å²) in [5.41, 5.74) is 2.57. The van der Waals surface area contributed by atoms with Crippen molar-refractivity contribution in [2.75, 3.05) is 5.75 Å². The Morgan fingerprint density at radius 1 is 1.44 bits per heavy atom. The molecule has 0 aliphatic rings. The zero-order valence-corrected chi connectivity index (χ0v) is 10.3. The van der Waals surface area contributed by atoms with E-state index in [-0.39, 0.29) is 5.75 Å². The van der Waals surface area contributed by atoms with E-state index >= 15 is 0 Å². The van der Waals surface area contributed by atoms with Crippen molar-refractivity contribution >= 4 is 31.7 Å². The first-order valence-corrected chi connectivity index (χ1v) is 7.32. The molecule has 4 nitrogen and oxygen atoms in total. The standard InChI is InChI=1S/C10H11NO3S2/c1-2-5-16(12,13)14-8-3-4-9-10(6-8)15-7-11-9/h3-4,6-7H,2,5H2,1H3. The largest absolute Gasteiger partial charge is 0.382 e. The molecule has 0 unspecified atom stereocenters. The van der Waals surface area contributed by atoms with E-state index in [1.165, 1.54) is 11.3 Å². The van der Waals surface area contributed by atoms with Crippen LogP contribution in [0.3, 0.4) is 0 Å².